The predicted molar refractivity (Wildman–Crippen MR) is 53.1 cm³/mol. The van der Waals surface area contributed by atoms with Crippen molar-refractivity contribution in [2.75, 3.05) is 0 Å². The molecule has 0 spiro atoms. The first-order valence-electron chi connectivity index (χ1n) is 2.65. The molecule has 0 saturated carbocycles. The van der Waals surface area contributed by atoms with Crippen molar-refractivity contribution >= 4 is 35.2 Å². The quantitative estimate of drug-likeness (QED) is 0.356. The first-order valence-corrected chi connectivity index (χ1v) is 3.64. The molecule has 0 heterocycles. The average Bonchev–Trinajstić information content (AvgIpc) is 1.91. The summed E-state index contributed by atoms with van der Waals surface area (Å²) in [6.07, 6.45) is 0. The molecule has 0 bridgehead atoms. The number of benzene rings is 1. The third kappa shape index (κ3) is 10.5. The van der Waals surface area contributed by atoms with Crippen molar-refractivity contribution in [3.05, 3.63) is 36.1 Å². The second-order valence-electron chi connectivity index (χ2n) is 1.47. The van der Waals surface area contributed by atoms with Gasteiger partial charge < -0.3 is 5.73 Å². The molecule has 0 atom stereocenters. The Labute approximate surface area is 100 Å². The van der Waals surface area contributed by atoms with Gasteiger partial charge in [-0.15, -0.1) is 18.3 Å². The molecule has 0 radical (unpaired) electrons. The zero-order valence-electron chi connectivity index (χ0n) is 6.32. The van der Waals surface area contributed by atoms with Gasteiger partial charge in [-0.25, -0.2) is 0 Å². The van der Waals surface area contributed by atoms with Crippen molar-refractivity contribution in [2.45, 2.75) is 0 Å². The fraction of sp³-hybridized carbons (Fsp3) is 0. The van der Waals surface area contributed by atoms with Crippen LogP contribution in [0.1, 0.15) is 0 Å². The standard InChI is InChI=1S/C6H6N.CH2S2.Na/c7-6-4-2-1-3-5-6;2-1-3;/h1-5,7H;1H,(H,2,3);/q-1;;+1. The third-order valence-electron chi connectivity index (χ3n) is 0.774. The molecular weight excluding hydrogens is 185 g/mol. The first kappa shape index (κ1) is 14.0. The maximum absolute atomic E-state index is 7.00. The fourth-order valence-corrected chi connectivity index (χ4v) is 0.438. The Kier molecular flexibility index (Phi) is 13.3. The van der Waals surface area contributed by atoms with E-state index in [-0.39, 0.29) is 29.6 Å². The third-order valence-corrected chi connectivity index (χ3v) is 0.774. The summed E-state index contributed by atoms with van der Waals surface area (Å²) in [6, 6.07) is 9.10. The Morgan fingerprint density at radius 3 is 1.82 bits per heavy atom. The number of nitrogens with one attached hydrogen (secondary N) is 1. The van der Waals surface area contributed by atoms with Crippen LogP contribution in [0.4, 0.5) is 5.69 Å². The van der Waals surface area contributed by atoms with E-state index in [0.29, 0.717) is 5.69 Å². The second kappa shape index (κ2) is 10.5. The number of hydrogen-bond acceptors (Lipinski definition) is 1. The molecule has 0 aromatic heterocycles. The average molecular weight is 193 g/mol. The molecule has 0 unspecified atom stereocenters. The maximum atomic E-state index is 7.00. The van der Waals surface area contributed by atoms with Gasteiger partial charge in [0.1, 0.15) is 0 Å². The molecule has 4 heteroatoms. The van der Waals surface area contributed by atoms with Gasteiger partial charge in [0.2, 0.25) is 0 Å². The van der Waals surface area contributed by atoms with E-state index < -0.39 is 0 Å². The van der Waals surface area contributed by atoms with E-state index in [1.165, 1.54) is 4.70 Å². The minimum absolute atomic E-state index is 0. The Balaban J connectivity index is 0. The predicted octanol–water partition coefficient (Wildman–Crippen LogP) is 0.248. The van der Waals surface area contributed by atoms with Crippen LogP contribution in [-0.4, -0.2) is 4.70 Å². The van der Waals surface area contributed by atoms with Crippen LogP contribution in [-0.2, 0) is 0 Å². The van der Waals surface area contributed by atoms with Crippen LogP contribution < -0.4 is 29.6 Å². The van der Waals surface area contributed by atoms with E-state index in [1.54, 1.807) is 12.1 Å². The molecule has 1 rings (SSSR count). The van der Waals surface area contributed by atoms with E-state index in [1.807, 2.05) is 18.2 Å². The fourth-order valence-electron chi connectivity index (χ4n) is 0.438. The Morgan fingerprint density at radius 1 is 1.27 bits per heavy atom. The topological polar surface area (TPSA) is 23.8 Å². The zero-order valence-corrected chi connectivity index (χ0v) is 10.0. The molecular formula is C7H8NNaS2. The largest absolute Gasteiger partial charge is 1.00 e. The maximum Gasteiger partial charge on any atom is 1.00 e. The molecule has 11 heavy (non-hydrogen) atoms. The van der Waals surface area contributed by atoms with Gasteiger partial charge in [-0.3, -0.25) is 0 Å². The molecule has 1 aromatic rings. The van der Waals surface area contributed by atoms with Gasteiger partial charge in [-0.1, -0.05) is 42.5 Å². The van der Waals surface area contributed by atoms with Crippen LogP contribution in [0.2, 0.25) is 0 Å². The van der Waals surface area contributed by atoms with Gasteiger partial charge >= 0.3 is 29.6 Å². The molecule has 0 amide bonds. The van der Waals surface area contributed by atoms with E-state index in [9.17, 15) is 0 Å². The Hall–Kier alpha value is 0.460. The van der Waals surface area contributed by atoms with Gasteiger partial charge in [-0.05, 0) is 0 Å². The van der Waals surface area contributed by atoms with Crippen molar-refractivity contribution < 1.29 is 29.6 Å². The van der Waals surface area contributed by atoms with Crippen LogP contribution in [0.5, 0.6) is 0 Å². The molecule has 54 valence electrons. The Bertz CT molecular complexity index is 179. The molecule has 0 aliphatic carbocycles. The number of thiol groups is 1. The van der Waals surface area contributed by atoms with E-state index in [0.717, 1.165) is 0 Å². The van der Waals surface area contributed by atoms with Crippen LogP contribution >= 0.6 is 24.8 Å². The van der Waals surface area contributed by atoms with Crippen LogP contribution in [0.3, 0.4) is 0 Å². The molecule has 0 aliphatic rings. The normalized spacial score (nSPS) is 6.64. The monoisotopic (exact) mass is 193 g/mol. The van der Waals surface area contributed by atoms with Gasteiger partial charge in [0.15, 0.2) is 0 Å². The minimum Gasteiger partial charge on any atom is -0.699 e. The van der Waals surface area contributed by atoms with Crippen LogP contribution in [0.25, 0.3) is 5.73 Å². The van der Waals surface area contributed by atoms with Crippen molar-refractivity contribution in [3.63, 3.8) is 0 Å². The SMILES string of the molecule is S=CS.[NH-]c1ccccc1.[Na+]. The number of rotatable bonds is 0. The summed E-state index contributed by atoms with van der Waals surface area (Å²) in [5.74, 6) is 0. The summed E-state index contributed by atoms with van der Waals surface area (Å²) in [5, 5.41) is 0. The van der Waals surface area contributed by atoms with Crippen LogP contribution in [0.15, 0.2) is 30.3 Å². The number of thiocarbonyl (C=S) groups is 1. The second-order valence-corrected chi connectivity index (χ2v) is 2.31. The summed E-state index contributed by atoms with van der Waals surface area (Å²) < 4.78 is 1.28. The summed E-state index contributed by atoms with van der Waals surface area (Å²) in [6.45, 7) is 0. The zero-order chi connectivity index (χ0) is 7.82. The molecule has 1 aromatic carbocycles. The smallest absolute Gasteiger partial charge is 0.699 e. The van der Waals surface area contributed by atoms with Crippen molar-refractivity contribution in [2.24, 2.45) is 0 Å². The van der Waals surface area contributed by atoms with E-state index in [2.05, 4.69) is 24.8 Å². The molecule has 0 aliphatic heterocycles. The first-order chi connectivity index (χ1) is 4.81. The minimum atomic E-state index is 0. The van der Waals surface area contributed by atoms with E-state index in [4.69, 9.17) is 5.73 Å². The Morgan fingerprint density at radius 2 is 1.64 bits per heavy atom. The van der Waals surface area contributed by atoms with Gasteiger partial charge in [-0.2, -0.15) is 0 Å². The summed E-state index contributed by atoms with van der Waals surface area (Å²) in [4.78, 5) is 0. The summed E-state index contributed by atoms with van der Waals surface area (Å²) in [7, 11) is 0. The molecule has 1 nitrogen and oxygen atoms in total. The molecule has 0 saturated heterocycles. The number of hydrogen-bond donors (Lipinski definition) is 1. The van der Waals surface area contributed by atoms with Crippen LogP contribution in [0, 0.1) is 0 Å². The summed E-state index contributed by atoms with van der Waals surface area (Å²) in [5.41, 5.74) is 7.57. The van der Waals surface area contributed by atoms with Crippen molar-refractivity contribution in [1.29, 1.82) is 0 Å². The van der Waals surface area contributed by atoms with Crippen molar-refractivity contribution in [3.8, 4) is 0 Å². The molecule has 0 fully saturated rings. The molecule has 1 N–H and O–H groups in total. The summed E-state index contributed by atoms with van der Waals surface area (Å²) >= 11 is 7.61. The van der Waals surface area contributed by atoms with Gasteiger partial charge in [0.05, 0.1) is 0 Å². The van der Waals surface area contributed by atoms with Crippen molar-refractivity contribution in [1.82, 2.24) is 0 Å². The van der Waals surface area contributed by atoms with E-state index >= 15 is 0 Å². The van der Waals surface area contributed by atoms with Gasteiger partial charge in [0.25, 0.3) is 0 Å². The van der Waals surface area contributed by atoms with Gasteiger partial charge in [0, 0.05) is 4.70 Å².